The number of unbranched alkanes of at least 4 members (excludes halogenated alkanes) is 16. The zero-order chi connectivity index (χ0) is 40.9. The molecule has 2 unspecified atom stereocenters. The van der Waals surface area contributed by atoms with Crippen molar-refractivity contribution in [2.75, 3.05) is 26.4 Å². The molecule has 0 saturated heterocycles. The second-order valence-corrected chi connectivity index (χ2v) is 15.7. The number of esters is 1. The fourth-order valence-corrected chi connectivity index (χ4v) is 6.46. The van der Waals surface area contributed by atoms with Crippen LogP contribution in [0.2, 0.25) is 0 Å². The maximum Gasteiger partial charge on any atom is 0.472 e. The van der Waals surface area contributed by atoms with Crippen LogP contribution in [0.25, 0.3) is 0 Å². The van der Waals surface area contributed by atoms with Crippen molar-refractivity contribution in [2.45, 2.75) is 180 Å². The molecule has 56 heavy (non-hydrogen) atoms. The Labute approximate surface area is 343 Å². The van der Waals surface area contributed by atoms with Gasteiger partial charge < -0.3 is 20.1 Å². The maximum atomic E-state index is 12.5. The zero-order valence-electron chi connectivity index (χ0n) is 35.6. The molecular formula is C47H82NO7P. The Kier molecular flexibility index (Phi) is 41.7. The lowest BCUT2D eigenvalue weighted by Gasteiger charge is -2.19. The van der Waals surface area contributed by atoms with Gasteiger partial charge in [-0.05, 0) is 63.9 Å². The van der Waals surface area contributed by atoms with Gasteiger partial charge in [-0.3, -0.25) is 13.8 Å². The molecule has 322 valence electrons. The smallest absolute Gasteiger partial charge is 0.472 e. The molecule has 3 N–H and O–H groups in total. The monoisotopic (exact) mass is 804 g/mol. The Morgan fingerprint density at radius 2 is 1.02 bits per heavy atom. The molecule has 0 aliphatic rings. The molecule has 0 radical (unpaired) electrons. The van der Waals surface area contributed by atoms with Crippen LogP contribution in [0.1, 0.15) is 174 Å². The fraction of sp³-hybridized carbons (Fsp3) is 0.681. The third-order valence-electron chi connectivity index (χ3n) is 8.90. The van der Waals surface area contributed by atoms with Crippen LogP contribution in [0.3, 0.4) is 0 Å². The van der Waals surface area contributed by atoms with E-state index in [2.05, 4.69) is 74.6 Å². The first kappa shape index (κ1) is 53.5. The van der Waals surface area contributed by atoms with E-state index < -0.39 is 19.9 Å². The summed E-state index contributed by atoms with van der Waals surface area (Å²) in [6, 6.07) is 0. The molecule has 0 aromatic rings. The molecule has 0 saturated carbocycles. The molecule has 0 spiro atoms. The molecule has 0 aliphatic carbocycles. The van der Waals surface area contributed by atoms with Crippen LogP contribution in [0, 0.1) is 0 Å². The largest absolute Gasteiger partial charge is 0.498 e. The van der Waals surface area contributed by atoms with Crippen molar-refractivity contribution >= 4 is 13.8 Å². The molecule has 2 atom stereocenters. The van der Waals surface area contributed by atoms with E-state index in [0.717, 1.165) is 51.4 Å². The topological polar surface area (TPSA) is 117 Å². The van der Waals surface area contributed by atoms with Crippen LogP contribution >= 0.6 is 7.82 Å². The van der Waals surface area contributed by atoms with Gasteiger partial charge in [0.25, 0.3) is 0 Å². The third kappa shape index (κ3) is 42.7. The van der Waals surface area contributed by atoms with Crippen molar-refractivity contribution in [1.82, 2.24) is 0 Å². The van der Waals surface area contributed by atoms with E-state index in [9.17, 15) is 14.3 Å². The Bertz CT molecular complexity index is 1130. The summed E-state index contributed by atoms with van der Waals surface area (Å²) >= 11 is 0. The standard InChI is InChI=1S/C47H82NO7P/c1-3-5-7-9-11-13-15-17-19-21-23-24-26-28-30-32-34-36-38-40-47(49)55-46(45-54-56(50,51)53-43-41-48)44-52-42-39-37-35-33-31-29-27-25-22-20-18-16-14-12-10-8-6-4-2/h5,7,11,13,17,19,23-24,28,30,34,36,39,42,46H,3-4,6,8-10,12,14-16,18,20-22,25-27,29,31-33,35,37-38,40-41,43-45,48H2,1-2H3,(H,50,51). The lowest BCUT2D eigenvalue weighted by molar-refractivity contribution is -0.153. The average Bonchev–Trinajstić information content (AvgIpc) is 3.19. The van der Waals surface area contributed by atoms with Crippen molar-refractivity contribution in [2.24, 2.45) is 5.73 Å². The number of allylic oxidation sites excluding steroid dienone is 13. The van der Waals surface area contributed by atoms with Gasteiger partial charge in [0.15, 0.2) is 6.10 Å². The molecule has 9 heteroatoms. The quantitative estimate of drug-likeness (QED) is 0.0206. The van der Waals surface area contributed by atoms with Gasteiger partial charge in [0.05, 0.1) is 19.5 Å². The van der Waals surface area contributed by atoms with Crippen molar-refractivity contribution < 1.29 is 32.8 Å². The molecule has 0 aromatic carbocycles. The fourth-order valence-electron chi connectivity index (χ4n) is 5.69. The van der Waals surface area contributed by atoms with Gasteiger partial charge in [-0.25, -0.2) is 4.57 Å². The van der Waals surface area contributed by atoms with E-state index in [0.29, 0.717) is 6.42 Å². The summed E-state index contributed by atoms with van der Waals surface area (Å²) in [5.74, 6) is -0.436. The van der Waals surface area contributed by atoms with Crippen molar-refractivity contribution in [3.63, 3.8) is 0 Å². The van der Waals surface area contributed by atoms with Gasteiger partial charge in [-0.2, -0.15) is 0 Å². The molecule has 0 aromatic heterocycles. The minimum atomic E-state index is -4.32. The summed E-state index contributed by atoms with van der Waals surface area (Å²) in [7, 11) is -4.32. The van der Waals surface area contributed by atoms with Gasteiger partial charge in [-0.1, -0.05) is 183 Å². The van der Waals surface area contributed by atoms with E-state index in [1.54, 1.807) is 6.26 Å². The normalized spacial score (nSPS) is 14.2. The van der Waals surface area contributed by atoms with Crippen LogP contribution in [0.5, 0.6) is 0 Å². The number of phosphoric ester groups is 1. The summed E-state index contributed by atoms with van der Waals surface area (Å²) in [5, 5.41) is 0. The van der Waals surface area contributed by atoms with E-state index in [1.807, 2.05) is 18.2 Å². The second-order valence-electron chi connectivity index (χ2n) is 14.2. The summed E-state index contributed by atoms with van der Waals surface area (Å²) < 4.78 is 33.1. The van der Waals surface area contributed by atoms with E-state index in [4.69, 9.17) is 24.3 Å². The first-order valence-electron chi connectivity index (χ1n) is 22.1. The van der Waals surface area contributed by atoms with E-state index >= 15 is 0 Å². The predicted molar refractivity (Wildman–Crippen MR) is 237 cm³/mol. The molecular weight excluding hydrogens is 721 g/mol. The highest BCUT2D eigenvalue weighted by Crippen LogP contribution is 2.43. The van der Waals surface area contributed by atoms with Gasteiger partial charge in [0.1, 0.15) is 6.61 Å². The molecule has 0 aliphatic heterocycles. The van der Waals surface area contributed by atoms with Gasteiger partial charge in [-0.15, -0.1) is 0 Å². The first-order valence-corrected chi connectivity index (χ1v) is 23.6. The molecule has 0 fully saturated rings. The van der Waals surface area contributed by atoms with Crippen LogP contribution in [0.15, 0.2) is 85.3 Å². The molecule has 0 rings (SSSR count). The zero-order valence-corrected chi connectivity index (χ0v) is 36.5. The average molecular weight is 804 g/mol. The number of carbonyl (C=O) groups excluding carboxylic acids is 1. The third-order valence-corrected chi connectivity index (χ3v) is 9.89. The van der Waals surface area contributed by atoms with Gasteiger partial charge in [0, 0.05) is 13.0 Å². The second kappa shape index (κ2) is 43.6. The highest BCUT2D eigenvalue weighted by atomic mass is 31.2. The number of nitrogens with two attached hydrogens (primary N) is 1. The number of rotatable bonds is 41. The summed E-state index contributed by atoms with van der Waals surface area (Å²) in [6.07, 6.45) is 57.1. The number of ether oxygens (including phenoxy) is 2. The Morgan fingerprint density at radius 1 is 0.571 bits per heavy atom. The Balaban J connectivity index is 4.21. The molecule has 0 heterocycles. The van der Waals surface area contributed by atoms with Crippen LogP contribution in [0.4, 0.5) is 0 Å². The minimum Gasteiger partial charge on any atom is -0.498 e. The summed E-state index contributed by atoms with van der Waals surface area (Å²) in [5.41, 5.74) is 5.36. The van der Waals surface area contributed by atoms with E-state index in [-0.39, 0.29) is 32.8 Å². The van der Waals surface area contributed by atoms with Crippen LogP contribution in [-0.2, 0) is 27.9 Å². The van der Waals surface area contributed by atoms with E-state index in [1.165, 1.54) is 96.3 Å². The number of phosphoric acid groups is 1. The van der Waals surface area contributed by atoms with Crippen molar-refractivity contribution in [1.29, 1.82) is 0 Å². The lowest BCUT2D eigenvalue weighted by Crippen LogP contribution is -2.27. The van der Waals surface area contributed by atoms with Crippen molar-refractivity contribution in [3.05, 3.63) is 85.3 Å². The van der Waals surface area contributed by atoms with Crippen molar-refractivity contribution in [3.8, 4) is 0 Å². The predicted octanol–water partition coefficient (Wildman–Crippen LogP) is 13.7. The Hall–Kier alpha value is -2.48. The highest BCUT2D eigenvalue weighted by molar-refractivity contribution is 7.47. The minimum absolute atomic E-state index is 0.00199. The molecule has 0 bridgehead atoms. The van der Waals surface area contributed by atoms with Gasteiger partial charge in [0.2, 0.25) is 0 Å². The first-order chi connectivity index (χ1) is 27.4. The number of hydrogen-bond donors (Lipinski definition) is 2. The number of carbonyl (C=O) groups is 1. The van der Waals surface area contributed by atoms with Crippen LogP contribution in [-0.4, -0.2) is 43.3 Å². The number of hydrogen-bond acceptors (Lipinski definition) is 7. The molecule has 8 nitrogen and oxygen atoms in total. The van der Waals surface area contributed by atoms with Gasteiger partial charge >= 0.3 is 13.8 Å². The maximum absolute atomic E-state index is 12.5. The van der Waals surface area contributed by atoms with Crippen LogP contribution < -0.4 is 5.73 Å². The summed E-state index contributed by atoms with van der Waals surface area (Å²) in [6.45, 7) is 4.03. The Morgan fingerprint density at radius 3 is 1.48 bits per heavy atom. The summed E-state index contributed by atoms with van der Waals surface area (Å²) in [4.78, 5) is 22.4. The molecule has 0 amide bonds. The lowest BCUT2D eigenvalue weighted by atomic mass is 10.0. The SMILES string of the molecule is CCC=CCC=CCC=CCC=CCC=CCC=CCCC(=O)OC(COC=CCCCCCCCCCCCCCCCCCC)COP(=O)(O)OCCN. The highest BCUT2D eigenvalue weighted by Gasteiger charge is 2.25.